The molecule has 0 atom stereocenters. The van der Waals surface area contributed by atoms with Gasteiger partial charge in [0.15, 0.2) is 0 Å². The summed E-state index contributed by atoms with van der Waals surface area (Å²) in [6.45, 7) is 0. The highest BCUT2D eigenvalue weighted by Gasteiger charge is 2.32. The quantitative estimate of drug-likeness (QED) is 0.198. The summed E-state index contributed by atoms with van der Waals surface area (Å²) in [6, 6.07) is 54.6. The van der Waals surface area contributed by atoms with Crippen molar-refractivity contribution in [3.8, 4) is 66.8 Å². The van der Waals surface area contributed by atoms with E-state index in [0.717, 1.165) is 19.3 Å². The van der Waals surface area contributed by atoms with Crippen LogP contribution in [0.15, 0.2) is 146 Å². The SMILES string of the molecule is c1ccc(-c2cc3c(c(-c4cccc5c4Cc4ccccc4-5)c2-c2cccc4c2Cc2ccccc2-4)Cc2ccccc2-3)cc1. The van der Waals surface area contributed by atoms with Gasteiger partial charge in [-0.3, -0.25) is 0 Å². The molecule has 10 rings (SSSR count). The van der Waals surface area contributed by atoms with Crippen molar-refractivity contribution in [2.75, 3.05) is 0 Å². The van der Waals surface area contributed by atoms with E-state index in [-0.39, 0.29) is 0 Å². The van der Waals surface area contributed by atoms with Gasteiger partial charge in [-0.25, -0.2) is 0 Å². The Balaban J connectivity index is 1.35. The average Bonchev–Trinajstić information content (AvgIpc) is 3.79. The van der Waals surface area contributed by atoms with Crippen LogP contribution in [0.4, 0.5) is 0 Å². The van der Waals surface area contributed by atoms with Gasteiger partial charge in [0, 0.05) is 0 Å². The molecule has 3 aliphatic rings. The maximum atomic E-state index is 2.51. The molecule has 0 N–H and O–H groups in total. The number of hydrogen-bond donors (Lipinski definition) is 0. The predicted octanol–water partition coefficient (Wildman–Crippen LogP) is 11.4. The van der Waals surface area contributed by atoms with Crippen LogP contribution in [0.3, 0.4) is 0 Å². The van der Waals surface area contributed by atoms with Crippen molar-refractivity contribution in [3.63, 3.8) is 0 Å². The number of benzene rings is 7. The maximum absolute atomic E-state index is 2.51. The van der Waals surface area contributed by atoms with E-state index < -0.39 is 0 Å². The molecule has 0 aromatic heterocycles. The van der Waals surface area contributed by atoms with E-state index in [1.165, 1.54) is 100 Å². The summed E-state index contributed by atoms with van der Waals surface area (Å²) >= 11 is 0. The van der Waals surface area contributed by atoms with Gasteiger partial charge in [0.05, 0.1) is 0 Å². The van der Waals surface area contributed by atoms with Gasteiger partial charge in [0.25, 0.3) is 0 Å². The zero-order valence-electron chi connectivity index (χ0n) is 25.0. The summed E-state index contributed by atoms with van der Waals surface area (Å²) in [5.74, 6) is 0. The lowest BCUT2D eigenvalue weighted by molar-refractivity contribution is 1.23. The minimum Gasteiger partial charge on any atom is -0.0622 e. The molecule has 3 aliphatic carbocycles. The normalized spacial score (nSPS) is 13.1. The van der Waals surface area contributed by atoms with Gasteiger partial charge in [0.2, 0.25) is 0 Å². The first kappa shape index (κ1) is 24.9. The van der Waals surface area contributed by atoms with E-state index >= 15 is 0 Å². The third-order valence-corrected chi connectivity index (χ3v) is 10.4. The maximum Gasteiger partial charge on any atom is -0.000705 e. The van der Waals surface area contributed by atoms with Crippen LogP contribution < -0.4 is 0 Å². The lowest BCUT2D eigenvalue weighted by Gasteiger charge is -2.24. The molecule has 0 bridgehead atoms. The summed E-state index contributed by atoms with van der Waals surface area (Å²) in [7, 11) is 0. The fraction of sp³-hybridized carbons (Fsp3) is 0.0667. The third kappa shape index (κ3) is 3.60. The van der Waals surface area contributed by atoms with Gasteiger partial charge in [-0.15, -0.1) is 0 Å². The molecule has 0 amide bonds. The number of rotatable bonds is 3. The van der Waals surface area contributed by atoms with E-state index in [1.54, 1.807) is 0 Å². The Morgan fingerprint density at radius 1 is 0.267 bits per heavy atom. The molecule has 0 saturated heterocycles. The minimum atomic E-state index is 0.953. The van der Waals surface area contributed by atoms with Crippen LogP contribution >= 0.6 is 0 Å². The highest BCUT2D eigenvalue weighted by Crippen LogP contribution is 2.54. The fourth-order valence-electron chi connectivity index (χ4n) is 8.48. The summed E-state index contributed by atoms with van der Waals surface area (Å²) in [5.41, 5.74) is 25.0. The smallest absolute Gasteiger partial charge is 0.000705 e. The first-order valence-corrected chi connectivity index (χ1v) is 16.1. The predicted molar refractivity (Wildman–Crippen MR) is 187 cm³/mol. The topological polar surface area (TPSA) is 0 Å². The zero-order chi connectivity index (χ0) is 29.5. The van der Waals surface area contributed by atoms with Gasteiger partial charge in [-0.1, -0.05) is 140 Å². The molecule has 0 heteroatoms. The summed E-state index contributed by atoms with van der Waals surface area (Å²) in [5, 5.41) is 0. The van der Waals surface area contributed by atoms with Gasteiger partial charge < -0.3 is 0 Å². The molecule has 7 aromatic rings. The molecule has 7 aromatic carbocycles. The Morgan fingerprint density at radius 2 is 0.689 bits per heavy atom. The molecule has 45 heavy (non-hydrogen) atoms. The second kappa shape index (κ2) is 9.52. The monoisotopic (exact) mass is 570 g/mol. The lowest BCUT2D eigenvalue weighted by atomic mass is 9.79. The van der Waals surface area contributed by atoms with Crippen molar-refractivity contribution in [2.45, 2.75) is 19.3 Å². The molecule has 0 radical (unpaired) electrons. The van der Waals surface area contributed by atoms with Crippen molar-refractivity contribution in [3.05, 3.63) is 179 Å². The molecule has 0 nitrogen and oxygen atoms in total. The van der Waals surface area contributed by atoms with Crippen LogP contribution in [0.25, 0.3) is 66.8 Å². The molecule has 0 spiro atoms. The van der Waals surface area contributed by atoms with Crippen molar-refractivity contribution in [1.29, 1.82) is 0 Å². The molecular weight excluding hydrogens is 540 g/mol. The molecular formula is C45H30. The highest BCUT2D eigenvalue weighted by molar-refractivity contribution is 6.05. The van der Waals surface area contributed by atoms with Crippen LogP contribution in [0.5, 0.6) is 0 Å². The second-order valence-corrected chi connectivity index (χ2v) is 12.7. The van der Waals surface area contributed by atoms with E-state index in [4.69, 9.17) is 0 Å². The standard InChI is InChI=1S/C45H30/c1-2-12-28(13-3-1)39-27-42-34-19-9-6-16-31(34)26-43(42)45(38-23-11-21-36-33-18-8-5-15-30(33)25-41(36)38)44(39)37-22-10-20-35-32-17-7-4-14-29(32)24-40(35)37/h1-23,27H,24-26H2. The molecule has 0 saturated carbocycles. The molecule has 210 valence electrons. The number of hydrogen-bond acceptors (Lipinski definition) is 0. The largest absolute Gasteiger partial charge is 0.0622 e. The Kier molecular flexibility index (Phi) is 5.27. The van der Waals surface area contributed by atoms with Crippen molar-refractivity contribution in [2.24, 2.45) is 0 Å². The van der Waals surface area contributed by atoms with Crippen molar-refractivity contribution in [1.82, 2.24) is 0 Å². The molecule has 0 unspecified atom stereocenters. The zero-order valence-corrected chi connectivity index (χ0v) is 25.0. The van der Waals surface area contributed by atoms with Gasteiger partial charge >= 0.3 is 0 Å². The molecule has 0 heterocycles. The van der Waals surface area contributed by atoms with Crippen molar-refractivity contribution < 1.29 is 0 Å². The van der Waals surface area contributed by atoms with Crippen LogP contribution in [-0.4, -0.2) is 0 Å². The first-order chi connectivity index (χ1) is 22.3. The Hall–Kier alpha value is -5.46. The van der Waals surface area contributed by atoms with Gasteiger partial charge in [-0.2, -0.15) is 0 Å². The molecule has 0 aliphatic heterocycles. The van der Waals surface area contributed by atoms with Crippen molar-refractivity contribution >= 4 is 0 Å². The highest BCUT2D eigenvalue weighted by atomic mass is 14.4. The average molecular weight is 571 g/mol. The van der Waals surface area contributed by atoms with E-state index in [0.29, 0.717) is 0 Å². The second-order valence-electron chi connectivity index (χ2n) is 12.7. The van der Waals surface area contributed by atoms with Gasteiger partial charge in [0.1, 0.15) is 0 Å². The summed E-state index contributed by atoms with van der Waals surface area (Å²) in [4.78, 5) is 0. The minimum absolute atomic E-state index is 0.953. The van der Waals surface area contributed by atoms with E-state index in [9.17, 15) is 0 Å². The number of fused-ring (bicyclic) bond motifs is 9. The Labute approximate surface area is 264 Å². The third-order valence-electron chi connectivity index (χ3n) is 10.4. The lowest BCUT2D eigenvalue weighted by Crippen LogP contribution is -2.01. The molecule has 0 fully saturated rings. The first-order valence-electron chi connectivity index (χ1n) is 16.1. The van der Waals surface area contributed by atoms with Crippen LogP contribution in [-0.2, 0) is 19.3 Å². The Bertz CT molecular complexity index is 2340. The van der Waals surface area contributed by atoms with Crippen LogP contribution in [0, 0.1) is 0 Å². The fourth-order valence-corrected chi connectivity index (χ4v) is 8.48. The van der Waals surface area contributed by atoms with E-state index in [2.05, 4.69) is 146 Å². The Morgan fingerprint density at radius 3 is 1.27 bits per heavy atom. The van der Waals surface area contributed by atoms with E-state index in [1.807, 2.05) is 0 Å². The van der Waals surface area contributed by atoms with Crippen LogP contribution in [0.2, 0.25) is 0 Å². The summed E-state index contributed by atoms with van der Waals surface area (Å²) in [6.07, 6.45) is 2.89. The summed E-state index contributed by atoms with van der Waals surface area (Å²) < 4.78 is 0. The van der Waals surface area contributed by atoms with Crippen LogP contribution in [0.1, 0.15) is 33.4 Å². The van der Waals surface area contributed by atoms with Gasteiger partial charge in [-0.05, 0) is 125 Å².